The fraction of sp³-hybridized carbons (Fsp3) is 0.583. The summed E-state index contributed by atoms with van der Waals surface area (Å²) in [7, 11) is 0. The summed E-state index contributed by atoms with van der Waals surface area (Å²) in [4.78, 5) is 6.56. The molecule has 2 rings (SSSR count). The molecule has 88 valence electrons. The van der Waals surface area contributed by atoms with Crippen LogP contribution in [0.15, 0.2) is 18.3 Å². The number of nitrogens with zero attached hydrogens (tertiary/aromatic N) is 2. The van der Waals surface area contributed by atoms with E-state index in [1.54, 1.807) is 0 Å². The highest BCUT2D eigenvalue weighted by Gasteiger charge is 2.25. The van der Waals surface area contributed by atoms with Crippen LogP contribution < -0.4 is 5.73 Å². The summed E-state index contributed by atoms with van der Waals surface area (Å²) in [6.07, 6.45) is 1.85. The minimum atomic E-state index is 0.460. The molecular weight excluding hydrogens is 202 g/mol. The van der Waals surface area contributed by atoms with Crippen molar-refractivity contribution < 1.29 is 4.74 Å². The lowest BCUT2D eigenvalue weighted by molar-refractivity contribution is -0.0409. The van der Waals surface area contributed by atoms with Crippen LogP contribution in [0.3, 0.4) is 0 Å². The van der Waals surface area contributed by atoms with Gasteiger partial charge in [-0.15, -0.1) is 0 Å². The van der Waals surface area contributed by atoms with E-state index in [0.29, 0.717) is 17.9 Å². The maximum Gasteiger partial charge on any atom is 0.123 e. The highest BCUT2D eigenvalue weighted by Crippen LogP contribution is 2.16. The zero-order chi connectivity index (χ0) is 11.5. The van der Waals surface area contributed by atoms with E-state index >= 15 is 0 Å². The Labute approximate surface area is 96.4 Å². The average molecular weight is 221 g/mol. The average Bonchev–Trinajstić information content (AvgIpc) is 2.26. The molecule has 2 atom stereocenters. The zero-order valence-electron chi connectivity index (χ0n) is 9.89. The van der Waals surface area contributed by atoms with Gasteiger partial charge in [0.1, 0.15) is 5.82 Å². The van der Waals surface area contributed by atoms with Crippen LogP contribution >= 0.6 is 0 Å². The minimum Gasteiger partial charge on any atom is -0.384 e. The van der Waals surface area contributed by atoms with Crippen molar-refractivity contribution in [1.82, 2.24) is 9.88 Å². The Hall–Kier alpha value is -1.13. The highest BCUT2D eigenvalue weighted by atomic mass is 16.5. The number of hydrogen-bond donors (Lipinski definition) is 1. The lowest BCUT2D eigenvalue weighted by Crippen LogP contribution is -2.48. The molecule has 0 aromatic carbocycles. The molecule has 2 heterocycles. The van der Waals surface area contributed by atoms with E-state index in [1.165, 1.54) is 5.56 Å². The first-order valence-corrected chi connectivity index (χ1v) is 5.70. The van der Waals surface area contributed by atoms with Crippen molar-refractivity contribution in [3.05, 3.63) is 23.9 Å². The molecule has 1 aromatic rings. The van der Waals surface area contributed by atoms with Gasteiger partial charge in [0.25, 0.3) is 0 Å². The first-order chi connectivity index (χ1) is 7.66. The fourth-order valence-electron chi connectivity index (χ4n) is 2.09. The lowest BCUT2D eigenvalue weighted by atomic mass is 10.1. The number of rotatable bonds is 2. The Morgan fingerprint density at radius 3 is 2.62 bits per heavy atom. The molecule has 4 nitrogen and oxygen atoms in total. The van der Waals surface area contributed by atoms with Gasteiger partial charge in [0, 0.05) is 24.8 Å². The van der Waals surface area contributed by atoms with Gasteiger partial charge in [-0.25, -0.2) is 4.98 Å². The van der Waals surface area contributed by atoms with E-state index in [9.17, 15) is 0 Å². The maximum atomic E-state index is 5.57. The van der Waals surface area contributed by atoms with Crippen LogP contribution in [0.1, 0.15) is 19.4 Å². The third-order valence-corrected chi connectivity index (χ3v) is 3.06. The maximum absolute atomic E-state index is 5.57. The fourth-order valence-corrected chi connectivity index (χ4v) is 2.09. The normalized spacial score (nSPS) is 26.9. The van der Waals surface area contributed by atoms with Crippen molar-refractivity contribution in [2.45, 2.75) is 32.5 Å². The second-order valence-corrected chi connectivity index (χ2v) is 4.50. The number of morpholine rings is 1. The van der Waals surface area contributed by atoms with Gasteiger partial charge < -0.3 is 10.5 Å². The molecule has 0 bridgehead atoms. The van der Waals surface area contributed by atoms with E-state index in [1.807, 2.05) is 18.3 Å². The molecule has 0 radical (unpaired) electrons. The molecule has 0 aliphatic carbocycles. The van der Waals surface area contributed by atoms with Crippen LogP contribution in [0, 0.1) is 0 Å². The Kier molecular flexibility index (Phi) is 3.41. The van der Waals surface area contributed by atoms with Crippen LogP contribution in [0.4, 0.5) is 5.82 Å². The summed E-state index contributed by atoms with van der Waals surface area (Å²) in [5.74, 6) is 0.576. The molecule has 0 unspecified atom stereocenters. The third kappa shape index (κ3) is 2.51. The molecule has 1 aromatic heterocycles. The monoisotopic (exact) mass is 221 g/mol. The Morgan fingerprint density at radius 1 is 1.38 bits per heavy atom. The Balaban J connectivity index is 2.04. The van der Waals surface area contributed by atoms with Crippen LogP contribution in [-0.2, 0) is 11.3 Å². The molecule has 1 fully saturated rings. The minimum absolute atomic E-state index is 0.460. The number of nitrogen functional groups attached to an aromatic ring is 1. The summed E-state index contributed by atoms with van der Waals surface area (Å²) in [6.45, 7) is 6.93. The first kappa shape index (κ1) is 11.4. The van der Waals surface area contributed by atoms with Crippen molar-refractivity contribution in [2.24, 2.45) is 0 Å². The zero-order valence-corrected chi connectivity index (χ0v) is 9.89. The number of hydrogen-bond acceptors (Lipinski definition) is 4. The first-order valence-electron chi connectivity index (χ1n) is 5.70. The highest BCUT2D eigenvalue weighted by molar-refractivity contribution is 5.29. The smallest absolute Gasteiger partial charge is 0.123 e. The molecule has 0 spiro atoms. The van der Waals surface area contributed by atoms with Crippen LogP contribution in [-0.4, -0.2) is 35.2 Å². The third-order valence-electron chi connectivity index (χ3n) is 3.06. The SMILES string of the molecule is C[C@H]1COC[C@H](C)N1Cc1ccc(N)nc1. The van der Waals surface area contributed by atoms with E-state index in [-0.39, 0.29) is 0 Å². The van der Waals surface area contributed by atoms with Crippen molar-refractivity contribution in [2.75, 3.05) is 18.9 Å². The van der Waals surface area contributed by atoms with Crippen molar-refractivity contribution >= 4 is 5.82 Å². The molecule has 4 heteroatoms. The second-order valence-electron chi connectivity index (χ2n) is 4.50. The number of ether oxygens (including phenoxy) is 1. The predicted octanol–water partition coefficient (Wildman–Crippen LogP) is 1.27. The quantitative estimate of drug-likeness (QED) is 0.817. The summed E-state index contributed by atoms with van der Waals surface area (Å²) in [5, 5.41) is 0. The Morgan fingerprint density at radius 2 is 2.06 bits per heavy atom. The molecule has 1 saturated heterocycles. The summed E-state index contributed by atoms with van der Waals surface area (Å²) in [6, 6.07) is 4.81. The van der Waals surface area contributed by atoms with E-state index in [2.05, 4.69) is 23.7 Å². The van der Waals surface area contributed by atoms with Crippen LogP contribution in [0.5, 0.6) is 0 Å². The molecular formula is C12H19N3O. The molecule has 2 N–H and O–H groups in total. The Bertz CT molecular complexity index is 329. The van der Waals surface area contributed by atoms with Gasteiger partial charge in [-0.2, -0.15) is 0 Å². The molecule has 0 amide bonds. The standard InChI is InChI=1S/C12H19N3O/c1-9-7-16-8-10(2)15(9)6-11-3-4-12(13)14-5-11/h3-5,9-10H,6-8H2,1-2H3,(H2,13,14)/t9-,10-/m0/s1. The molecule has 16 heavy (non-hydrogen) atoms. The van der Waals surface area contributed by atoms with Crippen molar-refractivity contribution in [1.29, 1.82) is 0 Å². The van der Waals surface area contributed by atoms with Gasteiger partial charge >= 0.3 is 0 Å². The predicted molar refractivity (Wildman–Crippen MR) is 63.9 cm³/mol. The summed E-state index contributed by atoms with van der Waals surface area (Å²) in [5.41, 5.74) is 6.77. The van der Waals surface area contributed by atoms with Crippen molar-refractivity contribution in [3.8, 4) is 0 Å². The van der Waals surface area contributed by atoms with Gasteiger partial charge in [-0.3, -0.25) is 4.90 Å². The van der Waals surface area contributed by atoms with E-state index < -0.39 is 0 Å². The summed E-state index contributed by atoms with van der Waals surface area (Å²) < 4.78 is 5.50. The van der Waals surface area contributed by atoms with Crippen LogP contribution in [0.2, 0.25) is 0 Å². The van der Waals surface area contributed by atoms with Crippen molar-refractivity contribution in [3.63, 3.8) is 0 Å². The summed E-state index contributed by atoms with van der Waals surface area (Å²) >= 11 is 0. The van der Waals surface area contributed by atoms with Gasteiger partial charge in [-0.1, -0.05) is 6.07 Å². The molecule has 1 aliphatic rings. The largest absolute Gasteiger partial charge is 0.384 e. The number of nitrogens with two attached hydrogens (primary N) is 1. The number of pyridine rings is 1. The molecule has 1 aliphatic heterocycles. The number of aromatic nitrogens is 1. The number of anilines is 1. The van der Waals surface area contributed by atoms with E-state index in [4.69, 9.17) is 10.5 Å². The van der Waals surface area contributed by atoms with Gasteiger partial charge in [0.2, 0.25) is 0 Å². The van der Waals surface area contributed by atoms with Gasteiger partial charge in [-0.05, 0) is 25.5 Å². The van der Waals surface area contributed by atoms with E-state index in [0.717, 1.165) is 19.8 Å². The lowest BCUT2D eigenvalue weighted by Gasteiger charge is -2.38. The van der Waals surface area contributed by atoms with Crippen LogP contribution in [0.25, 0.3) is 0 Å². The van der Waals surface area contributed by atoms with Gasteiger partial charge in [0.15, 0.2) is 0 Å². The second kappa shape index (κ2) is 4.80. The van der Waals surface area contributed by atoms with Gasteiger partial charge in [0.05, 0.1) is 13.2 Å². The molecule has 0 saturated carbocycles. The topological polar surface area (TPSA) is 51.4 Å².